The van der Waals surface area contributed by atoms with E-state index in [0.717, 1.165) is 22.6 Å². The Labute approximate surface area is 126 Å². The molecule has 0 bridgehead atoms. The molecule has 3 nitrogen and oxygen atoms in total. The molecule has 0 spiro atoms. The maximum absolute atomic E-state index is 5.31. The molecule has 0 fully saturated rings. The predicted molar refractivity (Wildman–Crippen MR) is 89.2 cm³/mol. The highest BCUT2D eigenvalue weighted by molar-refractivity contribution is 5.71. The average molecular weight is 283 g/mol. The van der Waals surface area contributed by atoms with E-state index in [4.69, 9.17) is 9.47 Å². The first-order chi connectivity index (χ1) is 10.1. The minimum Gasteiger partial charge on any atom is -0.493 e. The molecule has 0 amide bonds. The second-order valence-corrected chi connectivity index (χ2v) is 4.93. The van der Waals surface area contributed by atoms with E-state index in [9.17, 15) is 0 Å². The average Bonchev–Trinajstić information content (AvgIpc) is 2.52. The van der Waals surface area contributed by atoms with Crippen LogP contribution in [0.2, 0.25) is 0 Å². The number of benzene rings is 2. The van der Waals surface area contributed by atoms with Gasteiger partial charge >= 0.3 is 0 Å². The van der Waals surface area contributed by atoms with Crippen LogP contribution >= 0.6 is 0 Å². The molecule has 0 N–H and O–H groups in total. The van der Waals surface area contributed by atoms with E-state index in [-0.39, 0.29) is 0 Å². The number of nitrogens with zero attached hydrogens (tertiary/aromatic N) is 1. The minimum absolute atomic E-state index is 0.739. The zero-order chi connectivity index (χ0) is 15.2. The van der Waals surface area contributed by atoms with Crippen LogP contribution in [-0.4, -0.2) is 28.3 Å². The normalized spacial score (nSPS) is 10.7. The lowest BCUT2D eigenvalue weighted by atomic mass is 10.1. The van der Waals surface area contributed by atoms with Crippen molar-refractivity contribution < 1.29 is 9.47 Å². The summed E-state index contributed by atoms with van der Waals surface area (Å²) in [5.41, 5.74) is 3.43. The maximum Gasteiger partial charge on any atom is 0.161 e. The lowest BCUT2D eigenvalue weighted by Gasteiger charge is -2.11. The molecule has 0 aliphatic rings. The van der Waals surface area contributed by atoms with E-state index < -0.39 is 0 Å². The number of hydrogen-bond donors (Lipinski definition) is 0. The van der Waals surface area contributed by atoms with E-state index >= 15 is 0 Å². The van der Waals surface area contributed by atoms with E-state index in [1.165, 1.54) is 5.69 Å². The SMILES string of the molecule is COc1ccc(/C=C/c2ccc(N(C)C)cc2)cc1OC. The molecule has 0 aliphatic carbocycles. The van der Waals surface area contributed by atoms with Crippen LogP contribution in [0, 0.1) is 0 Å². The van der Waals surface area contributed by atoms with Crippen molar-refractivity contribution >= 4 is 17.8 Å². The molecular weight excluding hydrogens is 262 g/mol. The molecule has 0 aromatic heterocycles. The Morgan fingerprint density at radius 2 is 1.33 bits per heavy atom. The fourth-order valence-electron chi connectivity index (χ4n) is 2.03. The first kappa shape index (κ1) is 15.0. The lowest BCUT2D eigenvalue weighted by molar-refractivity contribution is 0.355. The maximum atomic E-state index is 5.31. The molecule has 0 saturated heterocycles. The van der Waals surface area contributed by atoms with Gasteiger partial charge in [-0.05, 0) is 35.4 Å². The van der Waals surface area contributed by atoms with Gasteiger partial charge in [-0.15, -0.1) is 0 Å². The highest BCUT2D eigenvalue weighted by atomic mass is 16.5. The predicted octanol–water partition coefficient (Wildman–Crippen LogP) is 3.94. The summed E-state index contributed by atoms with van der Waals surface area (Å²) in [7, 11) is 7.36. The van der Waals surface area contributed by atoms with Crippen LogP contribution in [0.25, 0.3) is 12.2 Å². The van der Waals surface area contributed by atoms with Gasteiger partial charge in [-0.25, -0.2) is 0 Å². The summed E-state index contributed by atoms with van der Waals surface area (Å²) in [4.78, 5) is 2.09. The highest BCUT2D eigenvalue weighted by Crippen LogP contribution is 2.28. The molecule has 2 aromatic rings. The number of ether oxygens (including phenoxy) is 2. The number of anilines is 1. The summed E-state index contributed by atoms with van der Waals surface area (Å²) in [6.45, 7) is 0. The molecule has 21 heavy (non-hydrogen) atoms. The van der Waals surface area contributed by atoms with E-state index in [0.29, 0.717) is 0 Å². The second-order valence-electron chi connectivity index (χ2n) is 4.93. The Kier molecular flexibility index (Phi) is 4.88. The van der Waals surface area contributed by atoms with Crippen molar-refractivity contribution in [3.8, 4) is 11.5 Å². The van der Waals surface area contributed by atoms with Gasteiger partial charge in [0.1, 0.15) is 0 Å². The van der Waals surface area contributed by atoms with Crippen molar-refractivity contribution in [3.63, 3.8) is 0 Å². The summed E-state index contributed by atoms with van der Waals surface area (Å²) in [5, 5.41) is 0. The summed E-state index contributed by atoms with van der Waals surface area (Å²) in [6, 6.07) is 14.3. The lowest BCUT2D eigenvalue weighted by Crippen LogP contribution is -2.07. The number of hydrogen-bond acceptors (Lipinski definition) is 3. The van der Waals surface area contributed by atoms with Crippen LogP contribution in [0.5, 0.6) is 11.5 Å². The second kappa shape index (κ2) is 6.84. The van der Waals surface area contributed by atoms with Crippen molar-refractivity contribution in [1.29, 1.82) is 0 Å². The zero-order valence-corrected chi connectivity index (χ0v) is 13.0. The van der Waals surface area contributed by atoms with Crippen molar-refractivity contribution in [1.82, 2.24) is 0 Å². The van der Waals surface area contributed by atoms with Gasteiger partial charge in [0, 0.05) is 19.8 Å². The molecule has 3 heteroatoms. The molecular formula is C18H21NO2. The topological polar surface area (TPSA) is 21.7 Å². The summed E-state index contributed by atoms with van der Waals surface area (Å²) < 4.78 is 10.5. The molecule has 0 atom stereocenters. The fourth-order valence-corrected chi connectivity index (χ4v) is 2.03. The van der Waals surface area contributed by atoms with Gasteiger partial charge in [0.05, 0.1) is 14.2 Å². The Hall–Kier alpha value is -2.42. The first-order valence-corrected chi connectivity index (χ1v) is 6.81. The molecule has 0 radical (unpaired) electrons. The third-order valence-corrected chi connectivity index (χ3v) is 3.29. The van der Waals surface area contributed by atoms with Crippen LogP contribution in [0.15, 0.2) is 42.5 Å². The highest BCUT2D eigenvalue weighted by Gasteiger charge is 2.02. The Morgan fingerprint density at radius 3 is 1.90 bits per heavy atom. The van der Waals surface area contributed by atoms with E-state index in [2.05, 4.69) is 41.3 Å². The third kappa shape index (κ3) is 3.78. The molecule has 0 saturated carbocycles. The number of rotatable bonds is 5. The summed E-state index contributed by atoms with van der Waals surface area (Å²) in [6.07, 6.45) is 4.15. The van der Waals surface area contributed by atoms with Crippen LogP contribution in [0.1, 0.15) is 11.1 Å². The third-order valence-electron chi connectivity index (χ3n) is 3.29. The van der Waals surface area contributed by atoms with Gasteiger partial charge < -0.3 is 14.4 Å². The molecule has 110 valence electrons. The standard InChI is InChI=1S/C18H21NO2/c1-19(2)16-10-7-14(8-11-16)5-6-15-9-12-17(20-3)18(13-15)21-4/h5-13H,1-4H3/b6-5+. The molecule has 0 heterocycles. The fraction of sp³-hybridized carbons (Fsp3) is 0.222. The first-order valence-electron chi connectivity index (χ1n) is 6.81. The van der Waals surface area contributed by atoms with Gasteiger partial charge in [0.2, 0.25) is 0 Å². The van der Waals surface area contributed by atoms with Crippen molar-refractivity contribution in [2.24, 2.45) is 0 Å². The van der Waals surface area contributed by atoms with E-state index in [1.807, 2.05) is 32.3 Å². The van der Waals surface area contributed by atoms with Crippen LogP contribution in [-0.2, 0) is 0 Å². The zero-order valence-electron chi connectivity index (χ0n) is 13.0. The number of methoxy groups -OCH3 is 2. The Balaban J connectivity index is 2.17. The van der Waals surface area contributed by atoms with Crippen molar-refractivity contribution in [2.45, 2.75) is 0 Å². The smallest absolute Gasteiger partial charge is 0.161 e. The molecule has 0 aliphatic heterocycles. The minimum atomic E-state index is 0.739. The molecule has 2 rings (SSSR count). The van der Waals surface area contributed by atoms with Crippen LogP contribution in [0.4, 0.5) is 5.69 Å². The van der Waals surface area contributed by atoms with Crippen LogP contribution in [0.3, 0.4) is 0 Å². The van der Waals surface area contributed by atoms with Crippen molar-refractivity contribution in [3.05, 3.63) is 53.6 Å². The molecule has 2 aromatic carbocycles. The van der Waals surface area contributed by atoms with Gasteiger partial charge in [-0.3, -0.25) is 0 Å². The van der Waals surface area contributed by atoms with E-state index in [1.54, 1.807) is 14.2 Å². The Bertz CT molecular complexity index is 616. The van der Waals surface area contributed by atoms with Gasteiger partial charge in [-0.2, -0.15) is 0 Å². The summed E-state index contributed by atoms with van der Waals surface area (Å²) in [5.74, 6) is 1.48. The quantitative estimate of drug-likeness (QED) is 0.776. The van der Waals surface area contributed by atoms with Crippen molar-refractivity contribution in [2.75, 3.05) is 33.2 Å². The molecule has 0 unspecified atom stereocenters. The largest absolute Gasteiger partial charge is 0.493 e. The van der Waals surface area contributed by atoms with Crippen LogP contribution < -0.4 is 14.4 Å². The monoisotopic (exact) mass is 283 g/mol. The van der Waals surface area contributed by atoms with Gasteiger partial charge in [0.15, 0.2) is 11.5 Å². The summed E-state index contributed by atoms with van der Waals surface area (Å²) >= 11 is 0. The van der Waals surface area contributed by atoms with Gasteiger partial charge in [-0.1, -0.05) is 30.4 Å². The van der Waals surface area contributed by atoms with Gasteiger partial charge in [0.25, 0.3) is 0 Å². The Morgan fingerprint density at radius 1 is 0.762 bits per heavy atom.